The van der Waals surface area contributed by atoms with Crippen molar-refractivity contribution in [2.75, 3.05) is 13.9 Å². The Morgan fingerprint density at radius 1 is 1.33 bits per heavy atom. The summed E-state index contributed by atoms with van der Waals surface area (Å²) in [6, 6.07) is 7.67. The normalized spacial score (nSPS) is 9.83. The lowest BCUT2D eigenvalue weighted by molar-refractivity contribution is 0.0511. The molecular formula is C8H10O2S2. The highest BCUT2D eigenvalue weighted by molar-refractivity contribution is 8.68. The van der Waals surface area contributed by atoms with Gasteiger partial charge in [0.2, 0.25) is 0 Å². The summed E-state index contributed by atoms with van der Waals surface area (Å²) in [5.74, 6) is 0.808. The van der Waals surface area contributed by atoms with E-state index in [1.807, 2.05) is 24.3 Å². The van der Waals surface area contributed by atoms with Crippen molar-refractivity contribution in [3.05, 3.63) is 24.3 Å². The molecule has 0 aliphatic carbocycles. The van der Waals surface area contributed by atoms with Gasteiger partial charge in [-0.15, -0.1) is 11.7 Å². The minimum Gasteiger partial charge on any atom is -0.468 e. The second-order valence-electron chi connectivity index (χ2n) is 2.11. The molecule has 2 nitrogen and oxygen atoms in total. The van der Waals surface area contributed by atoms with Crippen LogP contribution in [0.25, 0.3) is 0 Å². The van der Waals surface area contributed by atoms with Crippen molar-refractivity contribution in [1.82, 2.24) is 0 Å². The topological polar surface area (TPSA) is 18.5 Å². The first-order valence-electron chi connectivity index (χ1n) is 3.40. The van der Waals surface area contributed by atoms with Gasteiger partial charge in [0.15, 0.2) is 6.79 Å². The molecule has 0 atom stereocenters. The average molecular weight is 202 g/mol. The van der Waals surface area contributed by atoms with Gasteiger partial charge in [0.1, 0.15) is 5.75 Å². The van der Waals surface area contributed by atoms with E-state index in [1.165, 1.54) is 10.8 Å². The predicted octanol–water partition coefficient (Wildman–Crippen LogP) is 2.61. The molecule has 0 saturated heterocycles. The molecule has 0 fully saturated rings. The predicted molar refractivity (Wildman–Crippen MR) is 53.8 cm³/mol. The summed E-state index contributed by atoms with van der Waals surface area (Å²) in [5.41, 5.74) is 0. The fraction of sp³-hybridized carbons (Fsp3) is 0.250. The summed E-state index contributed by atoms with van der Waals surface area (Å²) < 4.78 is 9.96. The van der Waals surface area contributed by atoms with Crippen LogP contribution in [0.3, 0.4) is 0 Å². The molecule has 0 heterocycles. The highest BCUT2D eigenvalue weighted by atomic mass is 33.1. The third-order valence-corrected chi connectivity index (χ3v) is 2.39. The van der Waals surface area contributed by atoms with E-state index >= 15 is 0 Å². The number of rotatable bonds is 4. The van der Waals surface area contributed by atoms with E-state index < -0.39 is 0 Å². The van der Waals surface area contributed by atoms with Gasteiger partial charge in [-0.25, -0.2) is 0 Å². The van der Waals surface area contributed by atoms with Crippen molar-refractivity contribution in [3.8, 4) is 5.75 Å². The van der Waals surface area contributed by atoms with E-state index in [1.54, 1.807) is 7.11 Å². The standard InChI is InChI=1S/C8H10O2S2/c1-9-6-10-7-2-4-8(12-11)5-3-7/h2-5,11H,6H2,1H3. The summed E-state index contributed by atoms with van der Waals surface area (Å²) in [4.78, 5) is 1.10. The second kappa shape index (κ2) is 5.35. The fourth-order valence-electron chi connectivity index (χ4n) is 0.724. The van der Waals surface area contributed by atoms with E-state index in [0.717, 1.165) is 10.6 Å². The summed E-state index contributed by atoms with van der Waals surface area (Å²) in [6.07, 6.45) is 0. The maximum absolute atomic E-state index is 5.20. The Bertz CT molecular complexity index is 223. The molecule has 4 heteroatoms. The lowest BCUT2D eigenvalue weighted by Gasteiger charge is -2.03. The van der Waals surface area contributed by atoms with Crippen LogP contribution in [0.4, 0.5) is 0 Å². The lowest BCUT2D eigenvalue weighted by Crippen LogP contribution is -1.98. The van der Waals surface area contributed by atoms with Gasteiger partial charge < -0.3 is 9.47 Å². The number of hydrogen-bond acceptors (Lipinski definition) is 4. The van der Waals surface area contributed by atoms with E-state index in [4.69, 9.17) is 9.47 Å². The zero-order valence-corrected chi connectivity index (χ0v) is 8.40. The van der Waals surface area contributed by atoms with Gasteiger partial charge >= 0.3 is 0 Å². The summed E-state index contributed by atoms with van der Waals surface area (Å²) in [6.45, 7) is 0.285. The minimum absolute atomic E-state index is 0.285. The first-order chi connectivity index (χ1) is 5.86. The molecule has 1 aromatic rings. The number of methoxy groups -OCH3 is 1. The number of thiol groups is 1. The average Bonchev–Trinajstić information content (AvgIpc) is 2.15. The van der Waals surface area contributed by atoms with Gasteiger partial charge in [-0.3, -0.25) is 0 Å². The number of ether oxygens (including phenoxy) is 2. The van der Waals surface area contributed by atoms with E-state index in [2.05, 4.69) is 11.7 Å². The quantitative estimate of drug-likeness (QED) is 0.460. The number of hydrogen-bond donors (Lipinski definition) is 1. The van der Waals surface area contributed by atoms with Crippen LogP contribution in [0.5, 0.6) is 5.75 Å². The first kappa shape index (κ1) is 9.77. The number of benzene rings is 1. The summed E-state index contributed by atoms with van der Waals surface area (Å²) in [7, 11) is 3.00. The molecule has 0 aliphatic rings. The second-order valence-corrected chi connectivity index (χ2v) is 3.32. The van der Waals surface area contributed by atoms with Gasteiger partial charge in [0.05, 0.1) is 0 Å². The molecule has 12 heavy (non-hydrogen) atoms. The van der Waals surface area contributed by atoms with Gasteiger partial charge in [-0.2, -0.15) is 0 Å². The van der Waals surface area contributed by atoms with Gasteiger partial charge in [0.25, 0.3) is 0 Å². The molecular weight excluding hydrogens is 192 g/mol. The molecule has 1 aromatic carbocycles. The lowest BCUT2D eigenvalue weighted by atomic mass is 10.3. The van der Waals surface area contributed by atoms with Crippen molar-refractivity contribution in [2.45, 2.75) is 4.90 Å². The van der Waals surface area contributed by atoms with Crippen LogP contribution >= 0.6 is 22.5 Å². The molecule has 0 amide bonds. The third kappa shape index (κ3) is 2.97. The van der Waals surface area contributed by atoms with Gasteiger partial charge in [-0.1, -0.05) is 10.8 Å². The molecule has 0 aliphatic heterocycles. The Morgan fingerprint density at radius 2 is 2.00 bits per heavy atom. The van der Waals surface area contributed by atoms with E-state index in [-0.39, 0.29) is 6.79 Å². The van der Waals surface area contributed by atoms with E-state index in [0.29, 0.717) is 0 Å². The maximum atomic E-state index is 5.20. The van der Waals surface area contributed by atoms with Crippen LogP contribution < -0.4 is 4.74 Å². The van der Waals surface area contributed by atoms with Crippen LogP contribution in [0.15, 0.2) is 29.2 Å². The Hall–Kier alpha value is -0.320. The molecule has 1 rings (SSSR count). The van der Waals surface area contributed by atoms with Crippen molar-refractivity contribution >= 4 is 22.5 Å². The Balaban J connectivity index is 2.53. The molecule has 0 saturated carbocycles. The van der Waals surface area contributed by atoms with Crippen molar-refractivity contribution in [3.63, 3.8) is 0 Å². The van der Waals surface area contributed by atoms with E-state index in [9.17, 15) is 0 Å². The summed E-state index contributed by atoms with van der Waals surface area (Å²) in [5, 5.41) is 0. The third-order valence-electron chi connectivity index (χ3n) is 1.27. The summed E-state index contributed by atoms with van der Waals surface area (Å²) >= 11 is 4.07. The van der Waals surface area contributed by atoms with Crippen LogP contribution in [0.2, 0.25) is 0 Å². The SMILES string of the molecule is COCOc1ccc(SS)cc1. The van der Waals surface area contributed by atoms with Crippen LogP contribution in [-0.2, 0) is 4.74 Å². The molecule has 0 aromatic heterocycles. The van der Waals surface area contributed by atoms with Gasteiger partial charge in [0, 0.05) is 12.0 Å². The molecule has 0 N–H and O–H groups in total. The molecule has 0 bridgehead atoms. The van der Waals surface area contributed by atoms with Crippen LogP contribution in [0, 0.1) is 0 Å². The maximum Gasteiger partial charge on any atom is 0.188 e. The smallest absolute Gasteiger partial charge is 0.188 e. The zero-order valence-electron chi connectivity index (χ0n) is 6.69. The highest BCUT2D eigenvalue weighted by Gasteiger charge is 1.92. The van der Waals surface area contributed by atoms with Crippen LogP contribution in [-0.4, -0.2) is 13.9 Å². The molecule has 66 valence electrons. The largest absolute Gasteiger partial charge is 0.468 e. The Labute approximate surface area is 81.1 Å². The monoisotopic (exact) mass is 202 g/mol. The van der Waals surface area contributed by atoms with Crippen molar-refractivity contribution in [1.29, 1.82) is 0 Å². The van der Waals surface area contributed by atoms with Gasteiger partial charge in [-0.05, 0) is 24.3 Å². The molecule has 0 spiro atoms. The highest BCUT2D eigenvalue weighted by Crippen LogP contribution is 2.23. The Kier molecular flexibility index (Phi) is 4.35. The zero-order chi connectivity index (χ0) is 8.81. The van der Waals surface area contributed by atoms with Crippen molar-refractivity contribution < 1.29 is 9.47 Å². The first-order valence-corrected chi connectivity index (χ1v) is 5.27. The fourth-order valence-corrected chi connectivity index (χ4v) is 1.35. The molecule has 0 radical (unpaired) electrons. The van der Waals surface area contributed by atoms with Crippen LogP contribution in [0.1, 0.15) is 0 Å². The van der Waals surface area contributed by atoms with Crippen molar-refractivity contribution in [2.24, 2.45) is 0 Å². The molecule has 0 unspecified atom stereocenters. The minimum atomic E-state index is 0.285. The Morgan fingerprint density at radius 3 is 2.50 bits per heavy atom.